The Morgan fingerprint density at radius 2 is 2.33 bits per heavy atom. The lowest BCUT2D eigenvalue weighted by Gasteiger charge is -2.10. The van der Waals surface area contributed by atoms with Gasteiger partial charge in [0, 0.05) is 0 Å². The van der Waals surface area contributed by atoms with Crippen molar-refractivity contribution in [1.82, 2.24) is 0 Å². The highest BCUT2D eigenvalue weighted by Gasteiger charge is 2.12. The molecule has 1 aromatic rings. The lowest BCUT2D eigenvalue weighted by atomic mass is 10.1. The van der Waals surface area contributed by atoms with Crippen molar-refractivity contribution in [1.29, 1.82) is 5.26 Å². The summed E-state index contributed by atoms with van der Waals surface area (Å²) in [7, 11) is 0. The van der Waals surface area contributed by atoms with E-state index in [2.05, 4.69) is 0 Å². The van der Waals surface area contributed by atoms with Crippen LogP contribution >= 0.6 is 11.6 Å². The fourth-order valence-electron chi connectivity index (χ4n) is 1.05. The van der Waals surface area contributed by atoms with E-state index in [4.69, 9.17) is 26.7 Å². The molecule has 0 saturated heterocycles. The monoisotopic (exact) mass is 229 g/mol. The minimum absolute atomic E-state index is 0.0488. The van der Waals surface area contributed by atoms with Crippen molar-refractivity contribution in [3.8, 4) is 6.07 Å². The van der Waals surface area contributed by atoms with Crippen LogP contribution in [0.2, 0.25) is 5.02 Å². The van der Waals surface area contributed by atoms with Crippen LogP contribution in [0.3, 0.4) is 0 Å². The largest absolute Gasteiger partial charge is 0.394 e. The molecule has 15 heavy (non-hydrogen) atoms. The molecule has 1 aromatic carbocycles. The van der Waals surface area contributed by atoms with E-state index in [1.807, 2.05) is 6.07 Å². The molecule has 0 aliphatic heterocycles. The summed E-state index contributed by atoms with van der Waals surface area (Å²) in [5.41, 5.74) is 0.470. The second kappa shape index (κ2) is 5.66. The normalized spacial score (nSPS) is 12.1. The molecule has 0 heterocycles. The average molecular weight is 230 g/mol. The van der Waals surface area contributed by atoms with Crippen molar-refractivity contribution in [3.05, 3.63) is 34.6 Å². The summed E-state index contributed by atoms with van der Waals surface area (Å²) in [6.07, 6.45) is -0.838. The van der Waals surface area contributed by atoms with Gasteiger partial charge in [-0.15, -0.1) is 0 Å². The van der Waals surface area contributed by atoms with Gasteiger partial charge in [0.05, 0.1) is 24.3 Å². The molecule has 0 amide bonds. The first-order chi connectivity index (χ1) is 7.19. The number of nitriles is 1. The van der Waals surface area contributed by atoms with Gasteiger partial charge in [0.15, 0.2) is 6.10 Å². The predicted octanol–water partition coefficient (Wildman–Crippen LogP) is 2.05. The first-order valence-corrected chi connectivity index (χ1v) is 4.64. The molecule has 1 unspecified atom stereocenters. The van der Waals surface area contributed by atoms with Gasteiger partial charge in [-0.25, -0.2) is 4.39 Å². The molecule has 3 nitrogen and oxygen atoms in total. The molecule has 0 bridgehead atoms. The molecule has 0 saturated carbocycles. The number of aliphatic hydroxyl groups excluding tert-OH is 1. The summed E-state index contributed by atoms with van der Waals surface area (Å²) >= 11 is 5.56. The molecule has 80 valence electrons. The van der Waals surface area contributed by atoms with Gasteiger partial charge in [-0.2, -0.15) is 5.26 Å². The van der Waals surface area contributed by atoms with Crippen molar-refractivity contribution in [3.63, 3.8) is 0 Å². The average Bonchev–Trinajstić information content (AvgIpc) is 2.24. The Morgan fingerprint density at radius 1 is 1.60 bits per heavy atom. The summed E-state index contributed by atoms with van der Waals surface area (Å²) < 4.78 is 17.9. The molecule has 0 spiro atoms. The molecule has 1 N–H and O–H groups in total. The predicted molar refractivity (Wildman–Crippen MR) is 52.8 cm³/mol. The van der Waals surface area contributed by atoms with E-state index in [0.29, 0.717) is 5.56 Å². The van der Waals surface area contributed by atoms with Gasteiger partial charge in [-0.1, -0.05) is 17.7 Å². The fourth-order valence-corrected chi connectivity index (χ4v) is 1.24. The smallest absolute Gasteiger partial charge is 0.169 e. The van der Waals surface area contributed by atoms with Crippen LogP contribution in [-0.2, 0) is 4.74 Å². The Bertz CT molecular complexity index is 378. The van der Waals surface area contributed by atoms with Crippen LogP contribution in [-0.4, -0.2) is 18.3 Å². The number of hydrogen-bond donors (Lipinski definition) is 1. The first kappa shape index (κ1) is 11.9. The van der Waals surface area contributed by atoms with Crippen LogP contribution in [0.15, 0.2) is 18.2 Å². The molecule has 0 aliphatic carbocycles. The van der Waals surface area contributed by atoms with Gasteiger partial charge in [0.2, 0.25) is 0 Å². The summed E-state index contributed by atoms with van der Waals surface area (Å²) in [5, 5.41) is 17.3. The van der Waals surface area contributed by atoms with Gasteiger partial charge in [-0.3, -0.25) is 0 Å². The highest BCUT2D eigenvalue weighted by Crippen LogP contribution is 2.22. The summed E-state index contributed by atoms with van der Waals surface area (Å²) in [6, 6.07) is 5.81. The second-order valence-corrected chi connectivity index (χ2v) is 3.18. The van der Waals surface area contributed by atoms with E-state index in [0.717, 1.165) is 0 Å². The number of rotatable bonds is 4. The van der Waals surface area contributed by atoms with Gasteiger partial charge in [-0.05, 0) is 17.7 Å². The lowest BCUT2D eigenvalue weighted by molar-refractivity contribution is 0.0581. The summed E-state index contributed by atoms with van der Waals surface area (Å²) in [4.78, 5) is 0. The van der Waals surface area contributed by atoms with Crippen molar-refractivity contribution < 1.29 is 14.2 Å². The van der Waals surface area contributed by atoms with Crippen LogP contribution in [0.25, 0.3) is 0 Å². The SMILES string of the molecule is N#CC(OCCO)c1ccc(F)c(Cl)c1. The molecule has 0 radical (unpaired) electrons. The summed E-state index contributed by atoms with van der Waals surface area (Å²) in [5.74, 6) is -0.542. The number of hydrogen-bond acceptors (Lipinski definition) is 3. The summed E-state index contributed by atoms with van der Waals surface area (Å²) in [6.45, 7) is -0.125. The zero-order chi connectivity index (χ0) is 11.3. The molecule has 1 rings (SSSR count). The number of benzene rings is 1. The van der Waals surface area contributed by atoms with E-state index in [1.165, 1.54) is 18.2 Å². The molecule has 0 aromatic heterocycles. The van der Waals surface area contributed by atoms with Gasteiger partial charge < -0.3 is 9.84 Å². The number of aliphatic hydroxyl groups is 1. The fraction of sp³-hybridized carbons (Fsp3) is 0.300. The molecule has 0 fully saturated rings. The van der Waals surface area contributed by atoms with Crippen molar-refractivity contribution >= 4 is 11.6 Å². The van der Waals surface area contributed by atoms with E-state index < -0.39 is 11.9 Å². The minimum atomic E-state index is -0.838. The standard InChI is InChI=1S/C10H9ClFNO2/c11-8-5-7(1-2-9(8)12)10(6-13)15-4-3-14/h1-2,5,10,14H,3-4H2. The highest BCUT2D eigenvalue weighted by atomic mass is 35.5. The van der Waals surface area contributed by atoms with E-state index >= 15 is 0 Å². The lowest BCUT2D eigenvalue weighted by Crippen LogP contribution is -2.06. The third kappa shape index (κ3) is 3.17. The number of nitrogens with zero attached hydrogens (tertiary/aromatic N) is 1. The van der Waals surface area contributed by atoms with Gasteiger partial charge in [0.25, 0.3) is 0 Å². The van der Waals surface area contributed by atoms with Crippen molar-refractivity contribution in [2.24, 2.45) is 0 Å². The first-order valence-electron chi connectivity index (χ1n) is 4.26. The maximum Gasteiger partial charge on any atom is 0.169 e. The van der Waals surface area contributed by atoms with Crippen LogP contribution in [0, 0.1) is 17.1 Å². The Labute approximate surface area is 91.7 Å². The van der Waals surface area contributed by atoms with Crippen LogP contribution in [0.4, 0.5) is 4.39 Å². The maximum absolute atomic E-state index is 12.8. The van der Waals surface area contributed by atoms with Crippen LogP contribution in [0.1, 0.15) is 11.7 Å². The third-order valence-electron chi connectivity index (χ3n) is 1.74. The Kier molecular flexibility index (Phi) is 4.50. The zero-order valence-corrected chi connectivity index (χ0v) is 8.54. The minimum Gasteiger partial charge on any atom is -0.394 e. The van der Waals surface area contributed by atoms with E-state index in [1.54, 1.807) is 0 Å². The Hall–Kier alpha value is -1.15. The zero-order valence-electron chi connectivity index (χ0n) is 7.78. The molecular weight excluding hydrogens is 221 g/mol. The topological polar surface area (TPSA) is 53.2 Å². The van der Waals surface area contributed by atoms with Gasteiger partial charge in [0.1, 0.15) is 5.82 Å². The quantitative estimate of drug-likeness (QED) is 0.860. The van der Waals surface area contributed by atoms with Crippen LogP contribution in [0.5, 0.6) is 0 Å². The van der Waals surface area contributed by atoms with Crippen molar-refractivity contribution in [2.45, 2.75) is 6.10 Å². The Morgan fingerprint density at radius 3 is 2.87 bits per heavy atom. The highest BCUT2D eigenvalue weighted by molar-refractivity contribution is 6.30. The number of ether oxygens (including phenoxy) is 1. The van der Waals surface area contributed by atoms with E-state index in [9.17, 15) is 4.39 Å². The van der Waals surface area contributed by atoms with Crippen LogP contribution < -0.4 is 0 Å². The van der Waals surface area contributed by atoms with Gasteiger partial charge >= 0.3 is 0 Å². The third-order valence-corrected chi connectivity index (χ3v) is 2.03. The second-order valence-electron chi connectivity index (χ2n) is 2.78. The molecular formula is C10H9ClFNO2. The molecule has 5 heteroatoms. The maximum atomic E-state index is 12.8. The Balaban J connectivity index is 2.84. The molecule has 0 aliphatic rings. The number of halogens is 2. The van der Waals surface area contributed by atoms with E-state index in [-0.39, 0.29) is 18.2 Å². The molecule has 1 atom stereocenters. The van der Waals surface area contributed by atoms with Crippen molar-refractivity contribution in [2.75, 3.05) is 13.2 Å².